The second-order valence-corrected chi connectivity index (χ2v) is 7.16. The smallest absolute Gasteiger partial charge is 0.255 e. The molecule has 0 bridgehead atoms. The fourth-order valence-corrected chi connectivity index (χ4v) is 3.69. The molecule has 1 aromatic carbocycles. The number of rotatable bonds is 4. The molecule has 7 nitrogen and oxygen atoms in total. The number of halogens is 2. The van der Waals surface area contributed by atoms with Gasteiger partial charge in [-0.2, -0.15) is 5.10 Å². The molecule has 1 amide bonds. The number of anilines is 2. The van der Waals surface area contributed by atoms with Crippen molar-refractivity contribution in [3.05, 3.63) is 58.8 Å². The first kappa shape index (κ1) is 17.2. The van der Waals surface area contributed by atoms with E-state index < -0.39 is 5.82 Å². The molecule has 2 aromatic heterocycles. The van der Waals surface area contributed by atoms with Crippen LogP contribution < -0.4 is 16.0 Å². The van der Waals surface area contributed by atoms with Gasteiger partial charge in [-0.05, 0) is 24.6 Å². The standard InChI is InChI=1S/C19H16ClFN6O/c20-11-2-1-3-12(21)17(11)13-6-14(18-15(26-13)8-23-19(18)28)25-10-7-24-27(9-10)16-4-5-22-16/h1-3,6-7,9,16,22H,4-5,8H2,(H,23,28)(H,25,26). The highest BCUT2D eigenvalue weighted by Gasteiger charge is 2.27. The van der Waals surface area contributed by atoms with Gasteiger partial charge in [0.25, 0.3) is 5.91 Å². The fraction of sp³-hybridized carbons (Fsp3) is 0.211. The minimum absolute atomic E-state index is 0.190. The molecule has 1 fully saturated rings. The molecule has 2 aliphatic rings. The molecule has 142 valence electrons. The molecule has 3 aromatic rings. The summed E-state index contributed by atoms with van der Waals surface area (Å²) in [6.07, 6.45) is 4.76. The number of hydrogen-bond acceptors (Lipinski definition) is 5. The highest BCUT2D eigenvalue weighted by atomic mass is 35.5. The Labute approximate surface area is 164 Å². The van der Waals surface area contributed by atoms with E-state index in [0.717, 1.165) is 18.7 Å². The Bertz CT molecular complexity index is 1070. The van der Waals surface area contributed by atoms with Crippen LogP contribution in [0.1, 0.15) is 28.6 Å². The van der Waals surface area contributed by atoms with Crippen LogP contribution in [0.25, 0.3) is 11.3 Å². The average molecular weight is 399 g/mol. The Morgan fingerprint density at radius 3 is 2.93 bits per heavy atom. The highest BCUT2D eigenvalue weighted by Crippen LogP contribution is 2.35. The van der Waals surface area contributed by atoms with Crippen LogP contribution in [0.5, 0.6) is 0 Å². The molecule has 5 rings (SSSR count). The van der Waals surface area contributed by atoms with E-state index in [2.05, 4.69) is 26.0 Å². The predicted octanol–water partition coefficient (Wildman–Crippen LogP) is 3.22. The van der Waals surface area contributed by atoms with E-state index in [4.69, 9.17) is 11.6 Å². The molecular weight excluding hydrogens is 383 g/mol. The van der Waals surface area contributed by atoms with Gasteiger partial charge in [0.1, 0.15) is 12.0 Å². The average Bonchev–Trinajstić information content (AvgIpc) is 3.21. The van der Waals surface area contributed by atoms with Gasteiger partial charge in [-0.15, -0.1) is 0 Å². The van der Waals surface area contributed by atoms with Gasteiger partial charge in [-0.3, -0.25) is 14.8 Å². The maximum absolute atomic E-state index is 14.4. The molecule has 2 aliphatic heterocycles. The Morgan fingerprint density at radius 1 is 1.32 bits per heavy atom. The maximum atomic E-state index is 14.4. The Balaban J connectivity index is 1.57. The lowest BCUT2D eigenvalue weighted by Crippen LogP contribution is -2.39. The summed E-state index contributed by atoms with van der Waals surface area (Å²) in [5, 5.41) is 13.9. The second kappa shape index (κ2) is 6.57. The molecule has 28 heavy (non-hydrogen) atoms. The lowest BCUT2D eigenvalue weighted by Gasteiger charge is -2.27. The highest BCUT2D eigenvalue weighted by molar-refractivity contribution is 6.33. The van der Waals surface area contributed by atoms with E-state index in [0.29, 0.717) is 22.6 Å². The van der Waals surface area contributed by atoms with Crippen molar-refractivity contribution in [1.82, 2.24) is 25.4 Å². The molecule has 1 unspecified atom stereocenters. The first-order valence-corrected chi connectivity index (χ1v) is 9.29. The van der Waals surface area contributed by atoms with Gasteiger partial charge < -0.3 is 10.6 Å². The lowest BCUT2D eigenvalue weighted by molar-refractivity contribution is 0.0966. The van der Waals surface area contributed by atoms with Crippen molar-refractivity contribution >= 4 is 28.9 Å². The van der Waals surface area contributed by atoms with Crippen LogP contribution in [-0.4, -0.2) is 27.2 Å². The Kier molecular flexibility index (Phi) is 4.03. The van der Waals surface area contributed by atoms with Crippen molar-refractivity contribution in [2.45, 2.75) is 19.1 Å². The summed E-state index contributed by atoms with van der Waals surface area (Å²) >= 11 is 6.21. The third-order valence-corrected chi connectivity index (χ3v) is 5.27. The molecule has 4 heterocycles. The molecule has 9 heteroatoms. The van der Waals surface area contributed by atoms with Gasteiger partial charge in [-0.1, -0.05) is 17.7 Å². The minimum Gasteiger partial charge on any atom is -0.352 e. The van der Waals surface area contributed by atoms with Crippen molar-refractivity contribution in [3.8, 4) is 11.3 Å². The summed E-state index contributed by atoms with van der Waals surface area (Å²) in [5.74, 6) is -0.684. The third-order valence-electron chi connectivity index (χ3n) is 4.95. The Morgan fingerprint density at radius 2 is 2.18 bits per heavy atom. The SMILES string of the molecule is O=C1NCc2nc(-c3c(F)cccc3Cl)cc(Nc3cnn(C4CCN4)c3)c21. The molecule has 1 atom stereocenters. The maximum Gasteiger partial charge on any atom is 0.255 e. The topological polar surface area (TPSA) is 83.9 Å². The minimum atomic E-state index is -0.466. The number of amides is 1. The number of nitrogens with one attached hydrogen (secondary N) is 3. The number of carbonyl (C=O) groups is 1. The zero-order valence-electron chi connectivity index (χ0n) is 14.7. The van der Waals surface area contributed by atoms with Gasteiger partial charge in [-0.25, -0.2) is 9.37 Å². The summed E-state index contributed by atoms with van der Waals surface area (Å²) in [5.41, 5.74) is 2.85. The summed E-state index contributed by atoms with van der Waals surface area (Å²) in [6, 6.07) is 6.14. The summed E-state index contributed by atoms with van der Waals surface area (Å²) in [6.45, 7) is 1.26. The first-order chi connectivity index (χ1) is 13.6. The van der Waals surface area contributed by atoms with Gasteiger partial charge in [0.2, 0.25) is 0 Å². The Hall–Kier alpha value is -2.97. The quantitative estimate of drug-likeness (QED) is 0.628. The fourth-order valence-electron chi connectivity index (χ4n) is 3.43. The van der Waals surface area contributed by atoms with E-state index >= 15 is 0 Å². The van der Waals surface area contributed by atoms with Crippen LogP contribution in [0.4, 0.5) is 15.8 Å². The van der Waals surface area contributed by atoms with Crippen LogP contribution in [0.2, 0.25) is 5.02 Å². The van der Waals surface area contributed by atoms with E-state index in [-0.39, 0.29) is 29.2 Å². The predicted molar refractivity (Wildman–Crippen MR) is 103 cm³/mol. The number of benzene rings is 1. The number of fused-ring (bicyclic) bond motifs is 1. The van der Waals surface area contributed by atoms with Gasteiger partial charge in [0, 0.05) is 6.54 Å². The zero-order valence-corrected chi connectivity index (χ0v) is 15.4. The van der Waals surface area contributed by atoms with E-state index in [1.165, 1.54) is 6.07 Å². The summed E-state index contributed by atoms with van der Waals surface area (Å²) in [7, 11) is 0. The summed E-state index contributed by atoms with van der Waals surface area (Å²) in [4.78, 5) is 16.8. The molecule has 0 radical (unpaired) electrons. The molecule has 1 saturated heterocycles. The van der Waals surface area contributed by atoms with Crippen LogP contribution in [0, 0.1) is 5.82 Å². The van der Waals surface area contributed by atoms with Crippen molar-refractivity contribution in [3.63, 3.8) is 0 Å². The van der Waals surface area contributed by atoms with E-state index in [1.54, 1.807) is 24.4 Å². The lowest BCUT2D eigenvalue weighted by atomic mass is 10.1. The number of carbonyl (C=O) groups excluding carboxylic acids is 1. The molecule has 0 saturated carbocycles. The zero-order chi connectivity index (χ0) is 19.3. The summed E-state index contributed by atoms with van der Waals surface area (Å²) < 4.78 is 16.2. The van der Waals surface area contributed by atoms with Gasteiger partial charge in [0.05, 0.1) is 57.9 Å². The van der Waals surface area contributed by atoms with E-state index in [1.807, 2.05) is 10.9 Å². The van der Waals surface area contributed by atoms with Crippen LogP contribution in [0.15, 0.2) is 36.7 Å². The van der Waals surface area contributed by atoms with Crippen molar-refractivity contribution in [2.24, 2.45) is 0 Å². The number of pyridine rings is 1. The van der Waals surface area contributed by atoms with E-state index in [9.17, 15) is 9.18 Å². The van der Waals surface area contributed by atoms with Gasteiger partial charge in [0.15, 0.2) is 0 Å². The number of nitrogens with zero attached hydrogens (tertiary/aromatic N) is 3. The number of hydrogen-bond donors (Lipinski definition) is 3. The van der Waals surface area contributed by atoms with Crippen molar-refractivity contribution in [2.75, 3.05) is 11.9 Å². The molecule has 3 N–H and O–H groups in total. The molecular formula is C19H16ClFN6O. The van der Waals surface area contributed by atoms with Crippen LogP contribution in [0.3, 0.4) is 0 Å². The monoisotopic (exact) mass is 398 g/mol. The van der Waals surface area contributed by atoms with Crippen molar-refractivity contribution in [1.29, 1.82) is 0 Å². The van der Waals surface area contributed by atoms with Crippen molar-refractivity contribution < 1.29 is 9.18 Å². The third kappa shape index (κ3) is 2.81. The van der Waals surface area contributed by atoms with Crippen LogP contribution in [-0.2, 0) is 6.54 Å². The molecule has 0 spiro atoms. The largest absolute Gasteiger partial charge is 0.352 e. The number of aromatic nitrogens is 3. The first-order valence-electron chi connectivity index (χ1n) is 8.91. The molecule has 0 aliphatic carbocycles. The normalized spacial score (nSPS) is 17.8. The second-order valence-electron chi connectivity index (χ2n) is 6.75. The van der Waals surface area contributed by atoms with Gasteiger partial charge >= 0.3 is 0 Å². The van der Waals surface area contributed by atoms with Crippen LogP contribution >= 0.6 is 11.6 Å².